The summed E-state index contributed by atoms with van der Waals surface area (Å²) >= 11 is 0. The van der Waals surface area contributed by atoms with Crippen LogP contribution in [0.15, 0.2) is 48.5 Å². The van der Waals surface area contributed by atoms with Gasteiger partial charge in [-0.05, 0) is 17.7 Å². The molecule has 7 heteroatoms. The Morgan fingerprint density at radius 2 is 1.95 bits per heavy atom. The van der Waals surface area contributed by atoms with E-state index in [-0.39, 0.29) is 11.5 Å². The Labute approximate surface area is 124 Å². The van der Waals surface area contributed by atoms with Gasteiger partial charge in [-0.2, -0.15) is 5.10 Å². The number of nitrogens with one attached hydrogen (secondary N) is 1. The molecule has 110 valence electrons. The number of nitro benzene ring substituents is 1. The fraction of sp³-hybridized carbons (Fsp3) is 0.0667. The largest absolute Gasteiger partial charge is 0.269 e. The summed E-state index contributed by atoms with van der Waals surface area (Å²) < 4.78 is 13.2. The predicted molar refractivity (Wildman–Crippen MR) is 77.7 cm³/mol. The smallest absolute Gasteiger partial charge is 0.262 e. The van der Waals surface area contributed by atoms with Crippen molar-refractivity contribution in [3.8, 4) is 11.4 Å². The van der Waals surface area contributed by atoms with Gasteiger partial charge < -0.3 is 0 Å². The normalized spacial score (nSPS) is 10.6. The van der Waals surface area contributed by atoms with E-state index < -0.39 is 4.92 Å². The Balaban J connectivity index is 1.78. The molecule has 0 saturated heterocycles. The number of halogens is 1. The Morgan fingerprint density at radius 1 is 1.18 bits per heavy atom. The van der Waals surface area contributed by atoms with E-state index in [1.54, 1.807) is 24.3 Å². The molecule has 0 bridgehead atoms. The molecule has 0 aliphatic heterocycles. The quantitative estimate of drug-likeness (QED) is 0.592. The molecule has 6 nitrogen and oxygen atoms in total. The summed E-state index contributed by atoms with van der Waals surface area (Å²) in [6.07, 6.45) is 0.459. The van der Waals surface area contributed by atoms with Crippen molar-refractivity contribution in [2.75, 3.05) is 0 Å². The van der Waals surface area contributed by atoms with Crippen molar-refractivity contribution in [2.24, 2.45) is 0 Å². The summed E-state index contributed by atoms with van der Waals surface area (Å²) in [6.45, 7) is 0. The lowest BCUT2D eigenvalue weighted by atomic mass is 10.1. The summed E-state index contributed by atoms with van der Waals surface area (Å²) in [6, 6.07) is 12.3. The van der Waals surface area contributed by atoms with Crippen molar-refractivity contribution in [3.05, 3.63) is 75.9 Å². The number of aromatic amines is 1. The summed E-state index contributed by atoms with van der Waals surface area (Å²) in [5.41, 5.74) is 1.50. The third kappa shape index (κ3) is 2.98. The van der Waals surface area contributed by atoms with Crippen LogP contribution < -0.4 is 0 Å². The summed E-state index contributed by atoms with van der Waals surface area (Å²) in [4.78, 5) is 14.5. The van der Waals surface area contributed by atoms with Gasteiger partial charge in [0.25, 0.3) is 5.69 Å². The van der Waals surface area contributed by atoms with Crippen molar-refractivity contribution < 1.29 is 9.31 Å². The van der Waals surface area contributed by atoms with Crippen LogP contribution in [-0.4, -0.2) is 20.1 Å². The fourth-order valence-corrected chi connectivity index (χ4v) is 2.06. The highest BCUT2D eigenvalue weighted by Crippen LogP contribution is 2.17. The van der Waals surface area contributed by atoms with Gasteiger partial charge in [-0.3, -0.25) is 15.2 Å². The second kappa shape index (κ2) is 5.72. The second-order valence-electron chi connectivity index (χ2n) is 4.72. The Bertz CT molecular complexity index is 814. The molecule has 0 aliphatic carbocycles. The maximum Gasteiger partial charge on any atom is 0.269 e. The van der Waals surface area contributed by atoms with Crippen LogP contribution in [0.2, 0.25) is 0 Å². The average molecular weight is 298 g/mol. The molecule has 1 aromatic heterocycles. The zero-order chi connectivity index (χ0) is 15.5. The minimum Gasteiger partial charge on any atom is -0.262 e. The molecule has 2 aromatic carbocycles. The van der Waals surface area contributed by atoms with Crippen LogP contribution in [0, 0.1) is 15.9 Å². The maximum absolute atomic E-state index is 13.2. The molecule has 1 heterocycles. The summed E-state index contributed by atoms with van der Waals surface area (Å²) in [7, 11) is 0. The highest BCUT2D eigenvalue weighted by molar-refractivity contribution is 5.54. The van der Waals surface area contributed by atoms with Gasteiger partial charge in [0.2, 0.25) is 0 Å². The third-order valence-corrected chi connectivity index (χ3v) is 3.13. The number of rotatable bonds is 4. The first-order valence-electron chi connectivity index (χ1n) is 6.52. The van der Waals surface area contributed by atoms with Gasteiger partial charge in [-0.25, -0.2) is 9.37 Å². The molecule has 0 aliphatic rings. The first-order valence-corrected chi connectivity index (χ1v) is 6.52. The van der Waals surface area contributed by atoms with Gasteiger partial charge in [0, 0.05) is 24.1 Å². The SMILES string of the molecule is O=[N+]([O-])c1ccc(Cc2nc(-c3cccc(F)c3)n[nH]2)cc1. The Hall–Kier alpha value is -3.09. The van der Waals surface area contributed by atoms with E-state index in [0.29, 0.717) is 23.6 Å². The van der Waals surface area contributed by atoms with Crippen molar-refractivity contribution in [1.82, 2.24) is 15.2 Å². The molecule has 0 unspecified atom stereocenters. The average Bonchev–Trinajstić information content (AvgIpc) is 2.96. The standard InChI is InChI=1S/C15H11FN4O2/c16-12-3-1-2-11(9-12)15-17-14(18-19-15)8-10-4-6-13(7-5-10)20(21)22/h1-7,9H,8H2,(H,17,18,19). The van der Waals surface area contributed by atoms with Crippen LogP contribution in [0.4, 0.5) is 10.1 Å². The molecule has 0 atom stereocenters. The van der Waals surface area contributed by atoms with E-state index >= 15 is 0 Å². The monoisotopic (exact) mass is 298 g/mol. The number of nitrogens with zero attached hydrogens (tertiary/aromatic N) is 3. The molecule has 22 heavy (non-hydrogen) atoms. The zero-order valence-electron chi connectivity index (χ0n) is 11.4. The lowest BCUT2D eigenvalue weighted by molar-refractivity contribution is -0.384. The van der Waals surface area contributed by atoms with Gasteiger partial charge in [0.1, 0.15) is 11.6 Å². The van der Waals surface area contributed by atoms with E-state index in [4.69, 9.17) is 0 Å². The van der Waals surface area contributed by atoms with Gasteiger partial charge in [0.15, 0.2) is 5.82 Å². The first-order chi connectivity index (χ1) is 10.6. The first kappa shape index (κ1) is 13.9. The maximum atomic E-state index is 13.2. The van der Waals surface area contributed by atoms with E-state index in [0.717, 1.165) is 5.56 Å². The van der Waals surface area contributed by atoms with Crippen LogP contribution in [0.1, 0.15) is 11.4 Å². The Morgan fingerprint density at radius 3 is 2.64 bits per heavy atom. The van der Waals surface area contributed by atoms with Crippen LogP contribution in [0.5, 0.6) is 0 Å². The van der Waals surface area contributed by atoms with E-state index in [2.05, 4.69) is 15.2 Å². The van der Waals surface area contributed by atoms with Crippen LogP contribution >= 0.6 is 0 Å². The molecule has 3 rings (SSSR count). The number of non-ortho nitro benzene ring substituents is 1. The van der Waals surface area contributed by atoms with Crippen LogP contribution in [0.25, 0.3) is 11.4 Å². The van der Waals surface area contributed by atoms with Crippen molar-refractivity contribution in [3.63, 3.8) is 0 Å². The van der Waals surface area contributed by atoms with Crippen LogP contribution in [-0.2, 0) is 6.42 Å². The van der Waals surface area contributed by atoms with Crippen LogP contribution in [0.3, 0.4) is 0 Å². The van der Waals surface area contributed by atoms with E-state index in [1.165, 1.54) is 24.3 Å². The third-order valence-electron chi connectivity index (χ3n) is 3.13. The topological polar surface area (TPSA) is 84.7 Å². The number of benzene rings is 2. The molecule has 0 fully saturated rings. The van der Waals surface area contributed by atoms with Gasteiger partial charge >= 0.3 is 0 Å². The van der Waals surface area contributed by atoms with Crippen molar-refractivity contribution >= 4 is 5.69 Å². The molecular weight excluding hydrogens is 287 g/mol. The lowest BCUT2D eigenvalue weighted by Crippen LogP contribution is -1.92. The number of H-pyrrole nitrogens is 1. The molecule has 0 spiro atoms. The lowest BCUT2D eigenvalue weighted by Gasteiger charge is -1.97. The van der Waals surface area contributed by atoms with E-state index in [1.807, 2.05) is 0 Å². The molecule has 3 aromatic rings. The highest BCUT2D eigenvalue weighted by atomic mass is 19.1. The predicted octanol–water partition coefficient (Wildman–Crippen LogP) is 3.11. The molecule has 0 saturated carbocycles. The number of hydrogen-bond acceptors (Lipinski definition) is 4. The van der Waals surface area contributed by atoms with E-state index in [9.17, 15) is 14.5 Å². The van der Waals surface area contributed by atoms with Crippen molar-refractivity contribution in [1.29, 1.82) is 0 Å². The number of hydrogen-bond donors (Lipinski definition) is 1. The van der Waals surface area contributed by atoms with Crippen molar-refractivity contribution in [2.45, 2.75) is 6.42 Å². The number of aromatic nitrogens is 3. The summed E-state index contributed by atoms with van der Waals surface area (Å²) in [5.74, 6) is 0.670. The molecule has 0 radical (unpaired) electrons. The van der Waals surface area contributed by atoms with Gasteiger partial charge in [-0.15, -0.1) is 0 Å². The van der Waals surface area contributed by atoms with Gasteiger partial charge in [-0.1, -0.05) is 24.3 Å². The van der Waals surface area contributed by atoms with Gasteiger partial charge in [0.05, 0.1) is 4.92 Å². The minimum atomic E-state index is -0.444. The highest BCUT2D eigenvalue weighted by Gasteiger charge is 2.09. The molecule has 1 N–H and O–H groups in total. The zero-order valence-corrected chi connectivity index (χ0v) is 11.4. The molecule has 0 amide bonds. The second-order valence-corrected chi connectivity index (χ2v) is 4.72. The summed E-state index contributed by atoms with van der Waals surface area (Å²) in [5, 5.41) is 17.5. The Kier molecular flexibility index (Phi) is 3.61. The fourth-order valence-electron chi connectivity index (χ4n) is 2.06. The minimum absolute atomic E-state index is 0.0433. The molecular formula is C15H11FN4O2. The number of nitro groups is 1.